The maximum Gasteiger partial charge on any atom is 0.410 e. The predicted octanol–water partition coefficient (Wildman–Crippen LogP) is 3.61. The van der Waals surface area contributed by atoms with E-state index in [1.54, 1.807) is 6.20 Å². The lowest BCUT2D eigenvalue weighted by Gasteiger charge is -2.38. The van der Waals surface area contributed by atoms with E-state index >= 15 is 0 Å². The fraction of sp³-hybridized carbons (Fsp3) is 0.647. The van der Waals surface area contributed by atoms with Crippen LogP contribution in [0.5, 0.6) is 0 Å². The molecule has 1 fully saturated rings. The standard InChI is InChI=1S/C17H27N3O2/c1-17(2,3)22-16(21)20-12-7-6-10-14(20)13-9-8-11-18-15(13)19(4)5/h8-9,11,14H,6-7,10,12H2,1-5H3. The molecule has 2 rings (SSSR count). The molecule has 1 aromatic heterocycles. The minimum absolute atomic E-state index is 0.0368. The molecular formula is C17H27N3O2. The second kappa shape index (κ2) is 6.55. The van der Waals surface area contributed by atoms with Crippen molar-refractivity contribution in [2.24, 2.45) is 0 Å². The highest BCUT2D eigenvalue weighted by molar-refractivity contribution is 5.69. The lowest BCUT2D eigenvalue weighted by molar-refractivity contribution is 0.00955. The number of likely N-dealkylation sites (tertiary alicyclic amines) is 1. The molecule has 122 valence electrons. The van der Waals surface area contributed by atoms with Crippen LogP contribution in [0.25, 0.3) is 0 Å². The lowest BCUT2D eigenvalue weighted by atomic mass is 9.96. The first-order valence-corrected chi connectivity index (χ1v) is 7.91. The van der Waals surface area contributed by atoms with Gasteiger partial charge in [0.2, 0.25) is 0 Å². The maximum absolute atomic E-state index is 12.5. The summed E-state index contributed by atoms with van der Waals surface area (Å²) in [5.41, 5.74) is 0.622. The molecule has 1 aromatic rings. The first kappa shape index (κ1) is 16.6. The van der Waals surface area contributed by atoms with E-state index in [1.165, 1.54) is 0 Å². The van der Waals surface area contributed by atoms with E-state index in [0.717, 1.165) is 37.2 Å². The van der Waals surface area contributed by atoms with Crippen LogP contribution >= 0.6 is 0 Å². The SMILES string of the molecule is CN(C)c1ncccc1C1CCCCN1C(=O)OC(C)(C)C. The Morgan fingerprint density at radius 2 is 2.09 bits per heavy atom. The smallest absolute Gasteiger partial charge is 0.410 e. The van der Waals surface area contributed by atoms with Gasteiger partial charge in [0, 0.05) is 32.4 Å². The second-order valence-corrected chi connectivity index (χ2v) is 7.00. The number of hydrogen-bond donors (Lipinski definition) is 0. The number of piperidine rings is 1. The minimum atomic E-state index is -0.474. The van der Waals surface area contributed by atoms with Gasteiger partial charge in [-0.25, -0.2) is 9.78 Å². The van der Waals surface area contributed by atoms with Gasteiger partial charge in [-0.1, -0.05) is 6.07 Å². The molecule has 0 aromatic carbocycles. The zero-order valence-electron chi connectivity index (χ0n) is 14.3. The summed E-state index contributed by atoms with van der Waals surface area (Å²) in [6.45, 7) is 6.44. The average molecular weight is 305 g/mol. The van der Waals surface area contributed by atoms with E-state index in [1.807, 2.05) is 50.7 Å². The summed E-state index contributed by atoms with van der Waals surface area (Å²) in [5, 5.41) is 0. The molecule has 1 saturated heterocycles. The van der Waals surface area contributed by atoms with E-state index < -0.39 is 5.60 Å². The van der Waals surface area contributed by atoms with Crippen molar-refractivity contribution in [2.45, 2.75) is 51.7 Å². The maximum atomic E-state index is 12.5. The van der Waals surface area contributed by atoms with Crippen molar-refractivity contribution < 1.29 is 9.53 Å². The summed E-state index contributed by atoms with van der Waals surface area (Å²) in [7, 11) is 3.96. The van der Waals surface area contributed by atoms with E-state index in [-0.39, 0.29) is 12.1 Å². The van der Waals surface area contributed by atoms with Gasteiger partial charge in [-0.05, 0) is 46.1 Å². The number of pyridine rings is 1. The van der Waals surface area contributed by atoms with Gasteiger partial charge >= 0.3 is 6.09 Å². The number of carbonyl (C=O) groups excluding carboxylic acids is 1. The Kier molecular flexibility index (Phi) is 4.94. The van der Waals surface area contributed by atoms with Crippen LogP contribution in [0.1, 0.15) is 51.6 Å². The molecule has 1 aliphatic heterocycles. The third-order valence-electron chi connectivity index (χ3n) is 3.73. The Labute approximate surface area is 133 Å². The zero-order valence-corrected chi connectivity index (χ0v) is 14.3. The quantitative estimate of drug-likeness (QED) is 0.837. The van der Waals surface area contributed by atoms with Crippen LogP contribution in [0.2, 0.25) is 0 Å². The molecule has 1 atom stereocenters. The first-order chi connectivity index (χ1) is 10.3. The Morgan fingerprint density at radius 1 is 1.36 bits per heavy atom. The van der Waals surface area contributed by atoms with Crippen molar-refractivity contribution >= 4 is 11.9 Å². The minimum Gasteiger partial charge on any atom is -0.444 e. The summed E-state index contributed by atoms with van der Waals surface area (Å²) in [5.74, 6) is 0.919. The Morgan fingerprint density at radius 3 is 2.73 bits per heavy atom. The van der Waals surface area contributed by atoms with Crippen LogP contribution in [0.3, 0.4) is 0 Å². The predicted molar refractivity (Wildman–Crippen MR) is 88.1 cm³/mol. The number of carbonyl (C=O) groups is 1. The third-order valence-corrected chi connectivity index (χ3v) is 3.73. The fourth-order valence-electron chi connectivity index (χ4n) is 2.84. The molecule has 2 heterocycles. The number of rotatable bonds is 2. The van der Waals surface area contributed by atoms with Gasteiger partial charge < -0.3 is 14.5 Å². The highest BCUT2D eigenvalue weighted by Crippen LogP contribution is 2.35. The molecular weight excluding hydrogens is 278 g/mol. The summed E-state index contributed by atoms with van der Waals surface area (Å²) in [6, 6.07) is 4.04. The van der Waals surface area contributed by atoms with Gasteiger partial charge in [-0.15, -0.1) is 0 Å². The van der Waals surface area contributed by atoms with Crippen LogP contribution in [-0.4, -0.2) is 42.2 Å². The molecule has 5 nitrogen and oxygen atoms in total. The molecule has 0 radical (unpaired) electrons. The van der Waals surface area contributed by atoms with Crippen LogP contribution in [0, 0.1) is 0 Å². The summed E-state index contributed by atoms with van der Waals surface area (Å²) >= 11 is 0. The normalized spacial score (nSPS) is 19.0. The van der Waals surface area contributed by atoms with Gasteiger partial charge in [0.25, 0.3) is 0 Å². The van der Waals surface area contributed by atoms with Crippen molar-refractivity contribution in [3.63, 3.8) is 0 Å². The fourth-order valence-corrected chi connectivity index (χ4v) is 2.84. The Balaban J connectivity index is 2.29. The number of aromatic nitrogens is 1. The van der Waals surface area contributed by atoms with Gasteiger partial charge in [0.05, 0.1) is 6.04 Å². The molecule has 0 saturated carbocycles. The highest BCUT2D eigenvalue weighted by atomic mass is 16.6. The topological polar surface area (TPSA) is 45.7 Å². The summed E-state index contributed by atoms with van der Waals surface area (Å²) in [4.78, 5) is 20.9. The molecule has 0 bridgehead atoms. The molecule has 0 N–H and O–H groups in total. The van der Waals surface area contributed by atoms with Gasteiger partial charge in [0.15, 0.2) is 0 Å². The Bertz CT molecular complexity index is 523. The van der Waals surface area contributed by atoms with Crippen molar-refractivity contribution in [1.82, 2.24) is 9.88 Å². The van der Waals surface area contributed by atoms with E-state index in [4.69, 9.17) is 4.74 Å². The van der Waals surface area contributed by atoms with Gasteiger partial charge in [-0.2, -0.15) is 0 Å². The molecule has 0 aliphatic carbocycles. The number of amides is 1. The number of hydrogen-bond acceptors (Lipinski definition) is 4. The summed E-state index contributed by atoms with van der Waals surface area (Å²) < 4.78 is 5.58. The molecule has 1 aliphatic rings. The van der Waals surface area contributed by atoms with Gasteiger partial charge in [-0.3, -0.25) is 0 Å². The highest BCUT2D eigenvalue weighted by Gasteiger charge is 2.33. The van der Waals surface area contributed by atoms with E-state index in [2.05, 4.69) is 11.1 Å². The van der Waals surface area contributed by atoms with Crippen molar-refractivity contribution in [3.8, 4) is 0 Å². The molecule has 5 heteroatoms. The Hall–Kier alpha value is -1.78. The third kappa shape index (κ3) is 3.90. The van der Waals surface area contributed by atoms with Crippen LogP contribution < -0.4 is 4.90 Å². The summed E-state index contributed by atoms with van der Waals surface area (Å²) in [6.07, 6.45) is 4.65. The van der Waals surface area contributed by atoms with E-state index in [0.29, 0.717) is 0 Å². The van der Waals surface area contributed by atoms with Crippen molar-refractivity contribution in [2.75, 3.05) is 25.5 Å². The van der Waals surface area contributed by atoms with Crippen molar-refractivity contribution in [1.29, 1.82) is 0 Å². The molecule has 1 amide bonds. The second-order valence-electron chi connectivity index (χ2n) is 7.00. The molecule has 22 heavy (non-hydrogen) atoms. The largest absolute Gasteiger partial charge is 0.444 e. The number of nitrogens with zero attached hydrogens (tertiary/aromatic N) is 3. The van der Waals surface area contributed by atoms with Crippen molar-refractivity contribution in [3.05, 3.63) is 23.9 Å². The average Bonchev–Trinajstić information content (AvgIpc) is 2.45. The first-order valence-electron chi connectivity index (χ1n) is 7.91. The number of ether oxygens (including phenoxy) is 1. The molecule has 0 spiro atoms. The van der Waals surface area contributed by atoms with Crippen LogP contribution in [-0.2, 0) is 4.74 Å². The molecule has 1 unspecified atom stereocenters. The zero-order chi connectivity index (χ0) is 16.3. The lowest BCUT2D eigenvalue weighted by Crippen LogP contribution is -2.42. The van der Waals surface area contributed by atoms with Crippen LogP contribution in [0.15, 0.2) is 18.3 Å². The monoisotopic (exact) mass is 305 g/mol. The van der Waals surface area contributed by atoms with Gasteiger partial charge in [0.1, 0.15) is 11.4 Å². The van der Waals surface area contributed by atoms with Crippen LogP contribution in [0.4, 0.5) is 10.6 Å². The number of anilines is 1. The van der Waals surface area contributed by atoms with E-state index in [9.17, 15) is 4.79 Å².